The average Bonchev–Trinajstić information content (AvgIpc) is 3.06. The van der Waals surface area contributed by atoms with Gasteiger partial charge >= 0.3 is 0 Å². The van der Waals surface area contributed by atoms with Crippen LogP contribution in [0.2, 0.25) is 0 Å². The normalized spacial score (nSPS) is 15.1. The number of phosphoric acid groups is 1. The number of quaternary nitrogens is 1. The number of phosphoric ester groups is 1. The van der Waals surface area contributed by atoms with Crippen molar-refractivity contribution in [3.05, 3.63) is 48.6 Å². The Hall–Kier alpha value is -1.54. The van der Waals surface area contributed by atoms with E-state index in [4.69, 9.17) is 9.05 Å². The maximum Gasteiger partial charge on any atom is 0.268 e. The van der Waals surface area contributed by atoms with E-state index >= 15 is 0 Å². The van der Waals surface area contributed by atoms with Gasteiger partial charge in [-0.1, -0.05) is 146 Å². The smallest absolute Gasteiger partial charge is 0.268 e. The minimum absolute atomic E-state index is 0.00531. The summed E-state index contributed by atoms with van der Waals surface area (Å²) in [4.78, 5) is 24.9. The molecule has 8 nitrogen and oxygen atoms in total. The highest BCUT2D eigenvalue weighted by Gasteiger charge is 2.23. The van der Waals surface area contributed by atoms with Crippen molar-refractivity contribution >= 4 is 13.7 Å². The quantitative estimate of drug-likeness (QED) is 0.0292. The molecule has 0 radical (unpaired) electrons. The lowest BCUT2D eigenvalue weighted by atomic mass is 10.0. The molecule has 1 amide bonds. The molecule has 0 aliphatic heterocycles. The third-order valence-electron chi connectivity index (χ3n) is 8.51. The van der Waals surface area contributed by atoms with Crippen molar-refractivity contribution in [1.29, 1.82) is 0 Å². The van der Waals surface area contributed by atoms with Gasteiger partial charge in [-0.25, -0.2) is 0 Å². The van der Waals surface area contributed by atoms with Crippen molar-refractivity contribution in [2.45, 2.75) is 167 Å². The number of hydrogen-bond donors (Lipinski definition) is 2. The zero-order valence-corrected chi connectivity index (χ0v) is 33.7. The summed E-state index contributed by atoms with van der Waals surface area (Å²) in [5.74, 6) is -0.217. The highest BCUT2D eigenvalue weighted by atomic mass is 31.2. The molecular formula is C41H77N2O6P. The number of carbonyl (C=O) groups excluding carboxylic acids is 1. The number of unbranched alkanes of at least 4 members (excludes halogenated alkanes) is 16. The SMILES string of the molecule is CCC/C=C/C(O)C(COP(=O)([O-])OCC[N+](C)(C)C)NC(=O)CCCCCCCCCCCC/C=C\C/C=C\C/C=C\CCCCCCC. The van der Waals surface area contributed by atoms with Gasteiger partial charge in [0, 0.05) is 6.42 Å². The zero-order valence-electron chi connectivity index (χ0n) is 32.8. The summed E-state index contributed by atoms with van der Waals surface area (Å²) in [5, 5.41) is 13.4. The van der Waals surface area contributed by atoms with Gasteiger partial charge in [-0.2, -0.15) is 0 Å². The molecule has 9 heteroatoms. The van der Waals surface area contributed by atoms with Gasteiger partial charge < -0.3 is 28.8 Å². The molecule has 0 aromatic carbocycles. The van der Waals surface area contributed by atoms with Crippen LogP contribution in [0.25, 0.3) is 0 Å². The first-order valence-electron chi connectivity index (χ1n) is 20.0. The predicted molar refractivity (Wildman–Crippen MR) is 210 cm³/mol. The van der Waals surface area contributed by atoms with Crippen LogP contribution < -0.4 is 10.2 Å². The van der Waals surface area contributed by atoms with Crippen molar-refractivity contribution in [3.63, 3.8) is 0 Å². The second-order valence-electron chi connectivity index (χ2n) is 14.6. The minimum Gasteiger partial charge on any atom is -0.756 e. The number of likely N-dealkylation sites (N-methyl/N-ethyl adjacent to an activating group) is 1. The van der Waals surface area contributed by atoms with Crippen LogP contribution in [0.4, 0.5) is 0 Å². The number of nitrogens with zero attached hydrogens (tertiary/aromatic N) is 1. The Morgan fingerprint density at radius 3 is 1.72 bits per heavy atom. The lowest BCUT2D eigenvalue weighted by molar-refractivity contribution is -0.870. The summed E-state index contributed by atoms with van der Waals surface area (Å²) >= 11 is 0. The fourth-order valence-corrected chi connectivity index (χ4v) is 6.00. The van der Waals surface area contributed by atoms with Gasteiger partial charge in [0.25, 0.3) is 7.82 Å². The van der Waals surface area contributed by atoms with Gasteiger partial charge in [-0.05, 0) is 51.4 Å². The number of aliphatic hydroxyl groups excluding tert-OH is 1. The molecule has 0 aliphatic carbocycles. The van der Waals surface area contributed by atoms with Crippen LogP contribution in [0, 0.1) is 0 Å². The van der Waals surface area contributed by atoms with E-state index in [1.54, 1.807) is 6.08 Å². The summed E-state index contributed by atoms with van der Waals surface area (Å²) in [7, 11) is 1.24. The Bertz CT molecular complexity index is 959. The molecule has 2 N–H and O–H groups in total. The first-order valence-corrected chi connectivity index (χ1v) is 21.5. The molecule has 0 bridgehead atoms. The van der Waals surface area contributed by atoms with Crippen molar-refractivity contribution in [3.8, 4) is 0 Å². The predicted octanol–water partition coefficient (Wildman–Crippen LogP) is 9.89. The highest BCUT2D eigenvalue weighted by Crippen LogP contribution is 2.38. The number of amides is 1. The third kappa shape index (κ3) is 34.9. The van der Waals surface area contributed by atoms with E-state index in [9.17, 15) is 19.4 Å². The molecule has 0 saturated carbocycles. The third-order valence-corrected chi connectivity index (χ3v) is 9.48. The number of allylic oxidation sites excluding steroid dienone is 7. The lowest BCUT2D eigenvalue weighted by Crippen LogP contribution is -2.45. The Morgan fingerprint density at radius 1 is 0.700 bits per heavy atom. The number of rotatable bonds is 35. The molecule has 292 valence electrons. The summed E-state index contributed by atoms with van der Waals surface area (Å²) in [6, 6.07) is -0.884. The van der Waals surface area contributed by atoms with E-state index in [1.165, 1.54) is 89.9 Å². The standard InChI is InChI=1S/C41H77N2O6P/c1-6-8-10-11-12-13-14-15-16-17-18-19-20-21-22-23-24-25-26-27-28-29-30-31-33-35-41(45)42-39(40(44)34-32-9-7-2)38-49-50(46,47)48-37-36-43(3,4)5/h14-15,17-18,20-21,32,34,39-40,44H,6-13,16,19,22-31,33,35-38H2,1-5H3,(H-,42,45,46,47)/b15-14-,18-17-,21-20-,34-32+. The van der Waals surface area contributed by atoms with Gasteiger partial charge in [0.1, 0.15) is 13.2 Å². The van der Waals surface area contributed by atoms with E-state index in [1.807, 2.05) is 34.1 Å². The van der Waals surface area contributed by atoms with Crippen LogP contribution in [0.5, 0.6) is 0 Å². The van der Waals surface area contributed by atoms with Gasteiger partial charge in [0.15, 0.2) is 0 Å². The molecule has 0 aromatic rings. The molecule has 3 unspecified atom stereocenters. The van der Waals surface area contributed by atoms with Crippen LogP contribution in [0.3, 0.4) is 0 Å². The van der Waals surface area contributed by atoms with Crippen molar-refractivity contribution < 1.29 is 32.9 Å². The summed E-state index contributed by atoms with van der Waals surface area (Å²) < 4.78 is 22.8. The number of aliphatic hydroxyl groups is 1. The first-order chi connectivity index (χ1) is 24.0. The Morgan fingerprint density at radius 2 is 1.20 bits per heavy atom. The fraction of sp³-hybridized carbons (Fsp3) is 0.780. The van der Waals surface area contributed by atoms with E-state index in [-0.39, 0.29) is 19.1 Å². The second-order valence-corrected chi connectivity index (χ2v) is 16.0. The highest BCUT2D eigenvalue weighted by molar-refractivity contribution is 7.45. The molecule has 0 spiro atoms. The van der Waals surface area contributed by atoms with Crippen LogP contribution in [0.15, 0.2) is 48.6 Å². The Balaban J connectivity index is 3.97. The summed E-state index contributed by atoms with van der Waals surface area (Å²) in [6.07, 6.45) is 41.0. The van der Waals surface area contributed by atoms with Crippen molar-refractivity contribution in [1.82, 2.24) is 5.32 Å². The Kier molecular flexibility index (Phi) is 32.3. The molecule has 50 heavy (non-hydrogen) atoms. The summed E-state index contributed by atoms with van der Waals surface area (Å²) in [5.41, 5.74) is 0. The van der Waals surface area contributed by atoms with E-state index in [0.29, 0.717) is 17.4 Å². The number of hydrogen-bond acceptors (Lipinski definition) is 6. The van der Waals surface area contributed by atoms with Crippen molar-refractivity contribution in [2.75, 3.05) is 40.9 Å². The van der Waals surface area contributed by atoms with Crippen molar-refractivity contribution in [2.24, 2.45) is 0 Å². The van der Waals surface area contributed by atoms with E-state index in [2.05, 4.69) is 48.7 Å². The average molecular weight is 725 g/mol. The van der Waals surface area contributed by atoms with E-state index < -0.39 is 20.0 Å². The maximum absolute atomic E-state index is 12.6. The molecule has 0 aromatic heterocycles. The fourth-order valence-electron chi connectivity index (χ4n) is 5.28. The first kappa shape index (κ1) is 48.5. The summed E-state index contributed by atoms with van der Waals surface area (Å²) in [6.45, 7) is 4.39. The molecule has 0 rings (SSSR count). The molecule has 0 saturated heterocycles. The monoisotopic (exact) mass is 725 g/mol. The van der Waals surface area contributed by atoms with Crippen LogP contribution in [-0.2, 0) is 18.4 Å². The minimum atomic E-state index is -4.56. The molecule has 0 fully saturated rings. The van der Waals surface area contributed by atoms with Crippen LogP contribution in [-0.4, -0.2) is 68.5 Å². The van der Waals surface area contributed by atoms with Crippen LogP contribution >= 0.6 is 7.82 Å². The van der Waals surface area contributed by atoms with Gasteiger partial charge in [0.05, 0.1) is 39.9 Å². The largest absolute Gasteiger partial charge is 0.756 e. The second kappa shape index (κ2) is 33.3. The van der Waals surface area contributed by atoms with Gasteiger partial charge in [-0.15, -0.1) is 0 Å². The van der Waals surface area contributed by atoms with Crippen LogP contribution in [0.1, 0.15) is 155 Å². The Labute approximate surface area is 308 Å². The molecule has 0 aliphatic rings. The number of carbonyl (C=O) groups is 1. The van der Waals surface area contributed by atoms with E-state index in [0.717, 1.165) is 44.9 Å². The molecule has 3 atom stereocenters. The molecule has 0 heterocycles. The number of nitrogens with one attached hydrogen (secondary N) is 1. The lowest BCUT2D eigenvalue weighted by Gasteiger charge is -2.29. The zero-order chi connectivity index (χ0) is 37.2. The molecular weight excluding hydrogens is 647 g/mol. The van der Waals surface area contributed by atoms with Gasteiger partial charge in [-0.3, -0.25) is 9.36 Å². The van der Waals surface area contributed by atoms with Gasteiger partial charge in [0.2, 0.25) is 5.91 Å². The maximum atomic E-state index is 12.6. The topological polar surface area (TPSA) is 108 Å².